The van der Waals surface area contributed by atoms with Gasteiger partial charge in [0.15, 0.2) is 0 Å². The molecule has 0 bridgehead atoms. The van der Waals surface area contributed by atoms with Gasteiger partial charge in [-0.1, -0.05) is 19.3 Å². The van der Waals surface area contributed by atoms with Crippen LogP contribution in [0.2, 0.25) is 0 Å². The molecular formula is C14H23NO3. The van der Waals surface area contributed by atoms with E-state index in [9.17, 15) is 14.7 Å². The van der Waals surface area contributed by atoms with Gasteiger partial charge in [-0.2, -0.15) is 0 Å². The predicted octanol–water partition coefficient (Wildman–Crippen LogP) is 2.42. The summed E-state index contributed by atoms with van der Waals surface area (Å²) in [6.07, 6.45) is 7.02. The summed E-state index contributed by atoms with van der Waals surface area (Å²) in [5, 5.41) is 9.28. The SMILES string of the molecule is CCN(C(=O)CC1(C(=O)O)CCC1)C1CCCC1. The average Bonchev–Trinajstić information content (AvgIpc) is 2.77. The number of carbonyl (C=O) groups is 2. The van der Waals surface area contributed by atoms with Crippen LogP contribution in [0.15, 0.2) is 0 Å². The zero-order valence-corrected chi connectivity index (χ0v) is 11.2. The third-order valence-corrected chi connectivity index (χ3v) is 4.68. The zero-order chi connectivity index (χ0) is 13.2. The summed E-state index contributed by atoms with van der Waals surface area (Å²) in [6, 6.07) is 0.355. The Morgan fingerprint density at radius 1 is 1.22 bits per heavy atom. The van der Waals surface area contributed by atoms with Crippen molar-refractivity contribution in [2.75, 3.05) is 6.54 Å². The summed E-state index contributed by atoms with van der Waals surface area (Å²) in [7, 11) is 0. The first-order chi connectivity index (χ1) is 8.59. The minimum atomic E-state index is -0.787. The van der Waals surface area contributed by atoms with E-state index in [4.69, 9.17) is 0 Å². The Balaban J connectivity index is 1.98. The van der Waals surface area contributed by atoms with Crippen molar-refractivity contribution in [2.45, 2.75) is 64.3 Å². The molecule has 4 nitrogen and oxygen atoms in total. The van der Waals surface area contributed by atoms with Crippen molar-refractivity contribution in [1.82, 2.24) is 4.90 Å². The largest absolute Gasteiger partial charge is 0.481 e. The van der Waals surface area contributed by atoms with Crippen LogP contribution in [0.1, 0.15) is 58.3 Å². The van der Waals surface area contributed by atoms with Gasteiger partial charge < -0.3 is 10.0 Å². The van der Waals surface area contributed by atoms with Gasteiger partial charge in [0.05, 0.1) is 5.41 Å². The molecule has 18 heavy (non-hydrogen) atoms. The number of amides is 1. The maximum atomic E-state index is 12.3. The zero-order valence-electron chi connectivity index (χ0n) is 11.2. The van der Waals surface area contributed by atoms with Crippen LogP contribution in [-0.4, -0.2) is 34.5 Å². The standard InChI is InChI=1S/C14H23NO3/c1-2-15(11-6-3-4-7-11)12(16)10-14(13(17)18)8-5-9-14/h11H,2-10H2,1H3,(H,17,18). The van der Waals surface area contributed by atoms with E-state index in [-0.39, 0.29) is 12.3 Å². The molecular weight excluding hydrogens is 230 g/mol. The van der Waals surface area contributed by atoms with Crippen LogP contribution in [0.25, 0.3) is 0 Å². The highest BCUT2D eigenvalue weighted by atomic mass is 16.4. The van der Waals surface area contributed by atoms with Crippen molar-refractivity contribution in [1.29, 1.82) is 0 Å². The lowest BCUT2D eigenvalue weighted by Gasteiger charge is -2.39. The van der Waals surface area contributed by atoms with Crippen LogP contribution >= 0.6 is 0 Å². The number of nitrogens with zero attached hydrogens (tertiary/aromatic N) is 1. The molecule has 0 aliphatic heterocycles. The highest BCUT2D eigenvalue weighted by Crippen LogP contribution is 2.44. The maximum absolute atomic E-state index is 12.3. The van der Waals surface area contributed by atoms with Gasteiger partial charge in [-0.25, -0.2) is 0 Å². The van der Waals surface area contributed by atoms with Gasteiger partial charge in [0, 0.05) is 19.0 Å². The Hall–Kier alpha value is -1.06. The molecule has 2 fully saturated rings. The van der Waals surface area contributed by atoms with Gasteiger partial charge in [-0.3, -0.25) is 9.59 Å². The second-order valence-corrected chi connectivity index (χ2v) is 5.73. The Morgan fingerprint density at radius 3 is 2.22 bits per heavy atom. The number of carbonyl (C=O) groups excluding carboxylic acids is 1. The molecule has 0 heterocycles. The first-order valence-corrected chi connectivity index (χ1v) is 7.12. The summed E-state index contributed by atoms with van der Waals surface area (Å²) in [5.41, 5.74) is -0.747. The molecule has 1 N–H and O–H groups in total. The second kappa shape index (κ2) is 5.29. The van der Waals surface area contributed by atoms with Crippen LogP contribution in [0.3, 0.4) is 0 Å². The third kappa shape index (κ3) is 2.38. The molecule has 0 atom stereocenters. The fourth-order valence-electron chi connectivity index (χ4n) is 3.31. The number of hydrogen-bond donors (Lipinski definition) is 1. The fraction of sp³-hybridized carbons (Fsp3) is 0.857. The molecule has 2 rings (SSSR count). The smallest absolute Gasteiger partial charge is 0.310 e. The summed E-state index contributed by atoms with van der Waals surface area (Å²) in [4.78, 5) is 25.5. The molecule has 0 unspecified atom stereocenters. The summed E-state index contributed by atoms with van der Waals surface area (Å²) < 4.78 is 0. The average molecular weight is 253 g/mol. The molecule has 2 aliphatic rings. The number of hydrogen-bond acceptors (Lipinski definition) is 2. The Morgan fingerprint density at radius 2 is 1.83 bits per heavy atom. The number of aliphatic carboxylic acids is 1. The predicted molar refractivity (Wildman–Crippen MR) is 68.2 cm³/mol. The van der Waals surface area contributed by atoms with E-state index >= 15 is 0 Å². The van der Waals surface area contributed by atoms with E-state index < -0.39 is 11.4 Å². The van der Waals surface area contributed by atoms with E-state index in [0.717, 1.165) is 19.3 Å². The van der Waals surface area contributed by atoms with Gasteiger partial charge in [0.25, 0.3) is 0 Å². The molecule has 0 aromatic carbocycles. The Bertz CT molecular complexity index is 330. The maximum Gasteiger partial charge on any atom is 0.310 e. The van der Waals surface area contributed by atoms with Crippen LogP contribution < -0.4 is 0 Å². The summed E-state index contributed by atoms with van der Waals surface area (Å²) >= 11 is 0. The molecule has 1 amide bonds. The van der Waals surface area contributed by atoms with Gasteiger partial charge in [-0.15, -0.1) is 0 Å². The normalized spacial score (nSPS) is 22.5. The quantitative estimate of drug-likeness (QED) is 0.818. The highest BCUT2D eigenvalue weighted by Gasteiger charge is 2.47. The molecule has 2 saturated carbocycles. The molecule has 0 radical (unpaired) electrons. The molecule has 0 saturated heterocycles. The van der Waals surface area contributed by atoms with E-state index in [1.165, 1.54) is 12.8 Å². The molecule has 0 aromatic heterocycles. The first-order valence-electron chi connectivity index (χ1n) is 7.12. The summed E-state index contributed by atoms with van der Waals surface area (Å²) in [5.74, 6) is -0.740. The lowest BCUT2D eigenvalue weighted by molar-refractivity contribution is -0.160. The van der Waals surface area contributed by atoms with E-state index in [1.54, 1.807) is 0 Å². The number of rotatable bonds is 5. The molecule has 0 spiro atoms. The number of carboxylic acids is 1. The molecule has 0 aromatic rings. The van der Waals surface area contributed by atoms with Crippen molar-refractivity contribution in [3.8, 4) is 0 Å². The van der Waals surface area contributed by atoms with Crippen molar-refractivity contribution in [2.24, 2.45) is 5.41 Å². The van der Waals surface area contributed by atoms with Gasteiger partial charge in [0.1, 0.15) is 0 Å². The van der Waals surface area contributed by atoms with Crippen molar-refractivity contribution in [3.05, 3.63) is 0 Å². The van der Waals surface area contributed by atoms with Crippen molar-refractivity contribution in [3.63, 3.8) is 0 Å². The second-order valence-electron chi connectivity index (χ2n) is 5.73. The molecule has 4 heteroatoms. The minimum absolute atomic E-state index is 0.0477. The molecule has 2 aliphatic carbocycles. The van der Waals surface area contributed by atoms with E-state index in [2.05, 4.69) is 0 Å². The highest BCUT2D eigenvalue weighted by molar-refractivity contribution is 5.85. The van der Waals surface area contributed by atoms with Crippen LogP contribution in [0.4, 0.5) is 0 Å². The lowest BCUT2D eigenvalue weighted by Crippen LogP contribution is -2.46. The third-order valence-electron chi connectivity index (χ3n) is 4.68. The van der Waals surface area contributed by atoms with Gasteiger partial charge in [-0.05, 0) is 32.6 Å². The van der Waals surface area contributed by atoms with Crippen LogP contribution in [0.5, 0.6) is 0 Å². The number of carboxylic acid groups (broad SMARTS) is 1. The topological polar surface area (TPSA) is 57.6 Å². The molecule has 102 valence electrons. The lowest BCUT2D eigenvalue weighted by atomic mass is 9.66. The minimum Gasteiger partial charge on any atom is -0.481 e. The van der Waals surface area contributed by atoms with Crippen LogP contribution in [-0.2, 0) is 9.59 Å². The Kier molecular flexibility index (Phi) is 3.93. The van der Waals surface area contributed by atoms with Crippen molar-refractivity contribution < 1.29 is 14.7 Å². The van der Waals surface area contributed by atoms with Gasteiger partial charge in [0.2, 0.25) is 5.91 Å². The first kappa shape index (κ1) is 13.4. The fourth-order valence-corrected chi connectivity index (χ4v) is 3.31. The monoisotopic (exact) mass is 253 g/mol. The van der Waals surface area contributed by atoms with Crippen LogP contribution in [0, 0.1) is 5.41 Å². The van der Waals surface area contributed by atoms with E-state index in [0.29, 0.717) is 25.4 Å². The Labute approximate surface area is 108 Å². The van der Waals surface area contributed by atoms with Crippen molar-refractivity contribution >= 4 is 11.9 Å². The summed E-state index contributed by atoms with van der Waals surface area (Å²) in [6.45, 7) is 2.70. The van der Waals surface area contributed by atoms with Gasteiger partial charge >= 0.3 is 5.97 Å². The van der Waals surface area contributed by atoms with E-state index in [1.807, 2.05) is 11.8 Å².